The second-order valence-corrected chi connectivity index (χ2v) is 26.0. The number of ether oxygens (including phenoxy) is 1. The molecule has 0 unspecified atom stereocenters. The molecule has 1 aromatic heterocycles. The fourth-order valence-corrected chi connectivity index (χ4v) is 8.25. The molecule has 0 bridgehead atoms. The van der Waals surface area contributed by atoms with E-state index in [0.29, 0.717) is 5.92 Å². The summed E-state index contributed by atoms with van der Waals surface area (Å²) in [5, 5.41) is 3.67. The molecule has 0 N–H and O–H groups in total. The second kappa shape index (κ2) is 13.2. The highest BCUT2D eigenvalue weighted by Crippen LogP contribution is 2.48. The van der Waals surface area contributed by atoms with Gasteiger partial charge in [0.15, 0.2) is 16.6 Å². The van der Waals surface area contributed by atoms with Crippen LogP contribution >= 0.6 is 33.9 Å². The van der Waals surface area contributed by atoms with Crippen molar-refractivity contribution in [3.63, 3.8) is 0 Å². The summed E-state index contributed by atoms with van der Waals surface area (Å²) in [6, 6.07) is 0. The van der Waals surface area contributed by atoms with Crippen molar-refractivity contribution in [1.29, 1.82) is 0 Å². The molecule has 0 spiro atoms. The quantitative estimate of drug-likeness (QED) is 0.0842. The standard InChI is InChI=1S/C30H56INO3SSi2/c1-22(19-33-37(10,11)28(4,5)6)15-14-16-30(21-31)27(34-30)18-26(35-38(12,13)29(7,8)9)23(2)17-25-20-36-24(3)32-25/h17,20,22,26-27H,14-16,18-19,21H2,1-13H3/t22-,26-,27-,30-/m0/s1. The number of rotatable bonds is 14. The van der Waals surface area contributed by atoms with Crippen LogP contribution in [0.15, 0.2) is 11.0 Å². The molecule has 2 heterocycles. The van der Waals surface area contributed by atoms with E-state index in [0.717, 1.165) is 34.6 Å². The first-order chi connectivity index (χ1) is 17.2. The lowest BCUT2D eigenvalue weighted by Crippen LogP contribution is -2.44. The lowest BCUT2D eigenvalue weighted by molar-refractivity contribution is 0.189. The minimum absolute atomic E-state index is 0.00684. The maximum Gasteiger partial charge on any atom is 0.192 e. The van der Waals surface area contributed by atoms with E-state index in [4.69, 9.17) is 13.6 Å². The summed E-state index contributed by atoms with van der Waals surface area (Å²) >= 11 is 4.23. The summed E-state index contributed by atoms with van der Waals surface area (Å²) in [7, 11) is -3.63. The van der Waals surface area contributed by atoms with E-state index < -0.39 is 16.6 Å². The molecule has 0 amide bonds. The predicted molar refractivity (Wildman–Crippen MR) is 180 cm³/mol. The van der Waals surface area contributed by atoms with Gasteiger partial charge in [-0.3, -0.25) is 0 Å². The average molecular weight is 694 g/mol. The van der Waals surface area contributed by atoms with E-state index in [1.807, 2.05) is 0 Å². The SMILES string of the molecule is CC(=Cc1csc(C)n1)[C@H](C[C@@H]1O[C@]1(CI)CCC[C@H](C)CO[Si](C)(C)C(C)(C)C)O[Si](C)(C)C(C)(C)C. The molecule has 1 fully saturated rings. The van der Waals surface area contributed by atoms with E-state index in [9.17, 15) is 0 Å². The zero-order valence-electron chi connectivity index (χ0n) is 26.6. The summed E-state index contributed by atoms with van der Waals surface area (Å²) in [5.74, 6) is 0.578. The molecule has 0 saturated carbocycles. The van der Waals surface area contributed by atoms with Gasteiger partial charge >= 0.3 is 0 Å². The highest BCUT2D eigenvalue weighted by atomic mass is 127. The van der Waals surface area contributed by atoms with Crippen molar-refractivity contribution in [2.75, 3.05) is 11.0 Å². The number of nitrogens with zero attached hydrogens (tertiary/aromatic N) is 1. The number of halogens is 1. The molecule has 1 aliphatic heterocycles. The van der Waals surface area contributed by atoms with E-state index in [-0.39, 0.29) is 27.9 Å². The zero-order chi connectivity index (χ0) is 29.2. The molecule has 4 atom stereocenters. The van der Waals surface area contributed by atoms with Crippen LogP contribution < -0.4 is 0 Å². The van der Waals surface area contributed by atoms with Crippen LogP contribution in [0.4, 0.5) is 0 Å². The normalized spacial score (nSPS) is 23.0. The number of thiazole rings is 1. The van der Waals surface area contributed by atoms with Crippen LogP contribution in [0.2, 0.25) is 36.3 Å². The number of alkyl halides is 1. The Hall–Kier alpha value is 0.414. The average Bonchev–Trinajstić information content (AvgIpc) is 3.30. The Balaban J connectivity index is 2.02. The second-order valence-electron chi connectivity index (χ2n) is 14.7. The summed E-state index contributed by atoms with van der Waals surface area (Å²) in [6.07, 6.45) is 6.95. The van der Waals surface area contributed by atoms with Gasteiger partial charge < -0.3 is 13.6 Å². The van der Waals surface area contributed by atoms with Gasteiger partial charge in [0.2, 0.25) is 0 Å². The first-order valence-electron chi connectivity index (χ1n) is 14.4. The maximum atomic E-state index is 7.02. The van der Waals surface area contributed by atoms with Crippen molar-refractivity contribution < 1.29 is 13.6 Å². The smallest absolute Gasteiger partial charge is 0.192 e. The Bertz CT molecular complexity index is 935. The molecule has 2 rings (SSSR count). The predicted octanol–water partition coefficient (Wildman–Crippen LogP) is 10.0. The molecule has 38 heavy (non-hydrogen) atoms. The molecule has 8 heteroatoms. The lowest BCUT2D eigenvalue weighted by atomic mass is 9.93. The summed E-state index contributed by atoms with van der Waals surface area (Å²) in [6.45, 7) is 30.8. The van der Waals surface area contributed by atoms with Crippen LogP contribution in [0.3, 0.4) is 0 Å². The molecule has 0 radical (unpaired) electrons. The van der Waals surface area contributed by atoms with Crippen molar-refractivity contribution in [3.8, 4) is 0 Å². The third-order valence-electron chi connectivity index (χ3n) is 9.16. The van der Waals surface area contributed by atoms with Crippen molar-refractivity contribution in [2.24, 2.45) is 5.92 Å². The Kier molecular flexibility index (Phi) is 12.0. The first kappa shape index (κ1) is 34.6. The third-order valence-corrected chi connectivity index (χ3v) is 20.2. The largest absolute Gasteiger partial charge is 0.417 e. The number of epoxide rings is 1. The molecule has 4 nitrogen and oxygen atoms in total. The van der Waals surface area contributed by atoms with Gasteiger partial charge in [-0.05, 0) is 80.5 Å². The van der Waals surface area contributed by atoms with Gasteiger partial charge in [-0.1, -0.05) is 77.5 Å². The van der Waals surface area contributed by atoms with Gasteiger partial charge in [-0.25, -0.2) is 4.98 Å². The van der Waals surface area contributed by atoms with Gasteiger partial charge in [-0.15, -0.1) is 11.3 Å². The lowest BCUT2D eigenvalue weighted by Gasteiger charge is -2.39. The van der Waals surface area contributed by atoms with Gasteiger partial charge in [-0.2, -0.15) is 0 Å². The highest BCUT2D eigenvalue weighted by Gasteiger charge is 2.56. The van der Waals surface area contributed by atoms with Crippen molar-refractivity contribution in [2.45, 2.75) is 142 Å². The van der Waals surface area contributed by atoms with Gasteiger partial charge in [0.1, 0.15) is 5.60 Å². The highest BCUT2D eigenvalue weighted by molar-refractivity contribution is 14.1. The molecule has 1 aliphatic rings. The fourth-order valence-electron chi connectivity index (χ4n) is 4.14. The van der Waals surface area contributed by atoms with Gasteiger partial charge in [0, 0.05) is 22.8 Å². The summed E-state index contributed by atoms with van der Waals surface area (Å²) in [4.78, 5) is 4.68. The Morgan fingerprint density at radius 1 is 1.16 bits per heavy atom. The Morgan fingerprint density at radius 2 is 1.76 bits per heavy atom. The van der Waals surface area contributed by atoms with Gasteiger partial charge in [0.25, 0.3) is 0 Å². The molecule has 220 valence electrons. The first-order valence-corrected chi connectivity index (χ1v) is 22.6. The van der Waals surface area contributed by atoms with Crippen LogP contribution in [0.5, 0.6) is 0 Å². The Labute approximate surface area is 254 Å². The molecular weight excluding hydrogens is 637 g/mol. The molecule has 0 aromatic carbocycles. The molecule has 0 aliphatic carbocycles. The van der Waals surface area contributed by atoms with Crippen molar-refractivity contribution in [3.05, 3.63) is 21.7 Å². The van der Waals surface area contributed by atoms with Crippen LogP contribution in [0.1, 0.15) is 91.8 Å². The van der Waals surface area contributed by atoms with Crippen molar-refractivity contribution in [1.82, 2.24) is 4.98 Å². The number of aromatic nitrogens is 1. The van der Waals surface area contributed by atoms with Crippen molar-refractivity contribution >= 4 is 56.6 Å². The van der Waals surface area contributed by atoms with Crippen LogP contribution in [0, 0.1) is 12.8 Å². The zero-order valence-corrected chi connectivity index (χ0v) is 31.6. The summed E-state index contributed by atoms with van der Waals surface area (Å²) < 4.78 is 21.0. The van der Waals surface area contributed by atoms with Gasteiger partial charge in [0.05, 0.1) is 22.9 Å². The number of aryl methyl sites for hydroxylation is 1. The number of hydrogen-bond acceptors (Lipinski definition) is 5. The maximum absolute atomic E-state index is 7.02. The topological polar surface area (TPSA) is 43.9 Å². The minimum atomic E-state index is -1.94. The van der Waals surface area contributed by atoms with E-state index in [2.05, 4.69) is 128 Å². The van der Waals surface area contributed by atoms with Crippen LogP contribution in [-0.2, 0) is 13.6 Å². The fraction of sp³-hybridized carbons (Fsp3) is 0.833. The monoisotopic (exact) mass is 693 g/mol. The van der Waals surface area contributed by atoms with E-state index in [1.54, 1.807) is 11.3 Å². The molecular formula is C30H56INO3SSi2. The summed E-state index contributed by atoms with van der Waals surface area (Å²) in [5.41, 5.74) is 2.29. The molecule has 1 aromatic rings. The van der Waals surface area contributed by atoms with E-state index in [1.165, 1.54) is 18.4 Å². The van der Waals surface area contributed by atoms with Crippen LogP contribution in [0.25, 0.3) is 6.08 Å². The Morgan fingerprint density at radius 3 is 2.26 bits per heavy atom. The number of hydrogen-bond donors (Lipinski definition) is 0. The van der Waals surface area contributed by atoms with E-state index >= 15 is 0 Å². The van der Waals surface area contributed by atoms with Crippen LogP contribution in [-0.4, -0.2) is 50.5 Å². The molecule has 1 saturated heterocycles. The third kappa shape index (κ3) is 9.48. The minimum Gasteiger partial charge on any atom is -0.417 e.